The monoisotopic (exact) mass is 280 g/mol. The van der Waals surface area contributed by atoms with Gasteiger partial charge in [-0.2, -0.15) is 0 Å². The zero-order valence-corrected chi connectivity index (χ0v) is 11.3. The number of hydrogen-bond acceptors (Lipinski definition) is 6. The molecule has 1 fully saturated rings. The molecule has 2 rings (SSSR count). The molecule has 1 aliphatic carbocycles. The van der Waals surface area contributed by atoms with Gasteiger partial charge in [0.2, 0.25) is 0 Å². The average molecular weight is 280 g/mol. The number of hydrogen-bond donors (Lipinski definition) is 3. The van der Waals surface area contributed by atoms with Gasteiger partial charge in [-0.3, -0.25) is 16.0 Å². The summed E-state index contributed by atoms with van der Waals surface area (Å²) in [5.74, 6) is 5.37. The van der Waals surface area contributed by atoms with E-state index in [1.165, 1.54) is 12.1 Å². The summed E-state index contributed by atoms with van der Waals surface area (Å²) in [6, 6.07) is 5.04. The highest BCUT2D eigenvalue weighted by molar-refractivity contribution is 5.64. The van der Waals surface area contributed by atoms with Gasteiger partial charge in [-0.15, -0.1) is 0 Å². The molecule has 7 nitrogen and oxygen atoms in total. The van der Waals surface area contributed by atoms with Crippen molar-refractivity contribution in [1.29, 1.82) is 0 Å². The fourth-order valence-corrected chi connectivity index (χ4v) is 2.80. The molecule has 0 amide bonds. The number of aliphatic hydroxyl groups is 1. The Hall–Kier alpha value is -1.86. The number of nitrogen functional groups attached to an aromatic ring is 1. The van der Waals surface area contributed by atoms with E-state index in [1.807, 2.05) is 4.90 Å². The van der Waals surface area contributed by atoms with Crippen LogP contribution in [0, 0.1) is 10.1 Å². The number of hydrazine groups is 1. The maximum Gasteiger partial charge on any atom is 0.273 e. The van der Waals surface area contributed by atoms with Gasteiger partial charge in [0.1, 0.15) is 0 Å². The van der Waals surface area contributed by atoms with Gasteiger partial charge in [-0.25, -0.2) is 0 Å². The van der Waals surface area contributed by atoms with Gasteiger partial charge in [-0.1, -0.05) is 12.8 Å². The van der Waals surface area contributed by atoms with E-state index in [0.717, 1.165) is 31.4 Å². The summed E-state index contributed by atoms with van der Waals surface area (Å²) in [5, 5.41) is 20.2. The highest BCUT2D eigenvalue weighted by atomic mass is 16.6. The van der Waals surface area contributed by atoms with Crippen molar-refractivity contribution in [3.63, 3.8) is 0 Å². The first-order valence-electron chi connectivity index (χ1n) is 6.79. The van der Waals surface area contributed by atoms with Crippen molar-refractivity contribution in [3.05, 3.63) is 28.3 Å². The predicted molar refractivity (Wildman–Crippen MR) is 77.6 cm³/mol. The van der Waals surface area contributed by atoms with Crippen LogP contribution in [0.3, 0.4) is 0 Å². The molecule has 0 aromatic heterocycles. The number of nitro benzene ring substituents is 1. The van der Waals surface area contributed by atoms with E-state index in [2.05, 4.69) is 5.43 Å². The Balaban J connectivity index is 2.35. The van der Waals surface area contributed by atoms with Crippen LogP contribution in [0.25, 0.3) is 0 Å². The number of rotatable bonds is 6. The Kier molecular flexibility index (Phi) is 4.75. The number of non-ortho nitro benzene ring substituents is 1. The molecule has 0 bridgehead atoms. The molecular weight excluding hydrogens is 260 g/mol. The third-order valence-electron chi connectivity index (χ3n) is 3.72. The van der Waals surface area contributed by atoms with Crippen molar-refractivity contribution >= 4 is 17.1 Å². The van der Waals surface area contributed by atoms with Crippen LogP contribution in [0.15, 0.2) is 18.2 Å². The van der Waals surface area contributed by atoms with Crippen molar-refractivity contribution in [2.24, 2.45) is 5.84 Å². The number of nitro groups is 1. The normalized spacial score (nSPS) is 15.3. The lowest BCUT2D eigenvalue weighted by atomic mass is 10.1. The summed E-state index contributed by atoms with van der Waals surface area (Å²) in [6.07, 6.45) is 4.41. The van der Waals surface area contributed by atoms with Gasteiger partial charge in [0.25, 0.3) is 5.69 Å². The van der Waals surface area contributed by atoms with E-state index in [1.54, 1.807) is 6.07 Å². The Morgan fingerprint density at radius 3 is 2.65 bits per heavy atom. The molecule has 1 saturated carbocycles. The first kappa shape index (κ1) is 14.5. The summed E-state index contributed by atoms with van der Waals surface area (Å²) in [7, 11) is 0. The van der Waals surface area contributed by atoms with E-state index in [4.69, 9.17) is 5.84 Å². The zero-order valence-electron chi connectivity index (χ0n) is 11.3. The van der Waals surface area contributed by atoms with Gasteiger partial charge in [-0.05, 0) is 18.9 Å². The largest absolute Gasteiger partial charge is 0.395 e. The molecular formula is C13H20N4O3. The molecule has 1 aromatic carbocycles. The van der Waals surface area contributed by atoms with Crippen molar-refractivity contribution in [2.75, 3.05) is 23.5 Å². The van der Waals surface area contributed by atoms with Crippen LogP contribution in [-0.2, 0) is 0 Å². The third kappa shape index (κ3) is 3.17. The first-order chi connectivity index (χ1) is 9.65. The van der Waals surface area contributed by atoms with Crippen LogP contribution in [-0.4, -0.2) is 29.2 Å². The molecule has 0 aliphatic heterocycles. The summed E-state index contributed by atoms with van der Waals surface area (Å²) in [5.41, 5.74) is 3.68. The van der Waals surface area contributed by atoms with Crippen LogP contribution in [0.1, 0.15) is 25.7 Å². The molecule has 110 valence electrons. The second kappa shape index (κ2) is 6.53. The van der Waals surface area contributed by atoms with E-state index in [-0.39, 0.29) is 12.3 Å². The molecule has 7 heteroatoms. The van der Waals surface area contributed by atoms with Gasteiger partial charge >= 0.3 is 0 Å². The second-order valence-electron chi connectivity index (χ2n) is 4.99. The summed E-state index contributed by atoms with van der Waals surface area (Å²) < 4.78 is 0. The fourth-order valence-electron chi connectivity index (χ4n) is 2.80. The van der Waals surface area contributed by atoms with Crippen molar-refractivity contribution in [2.45, 2.75) is 31.7 Å². The van der Waals surface area contributed by atoms with Crippen molar-refractivity contribution in [3.8, 4) is 0 Å². The van der Waals surface area contributed by atoms with Crippen LogP contribution in [0.5, 0.6) is 0 Å². The Morgan fingerprint density at radius 2 is 2.10 bits per heavy atom. The third-order valence-corrected chi connectivity index (χ3v) is 3.72. The maximum atomic E-state index is 11.0. The Bertz CT molecular complexity index is 475. The Labute approximate surface area is 117 Å². The quantitative estimate of drug-likeness (QED) is 0.415. The molecule has 4 N–H and O–H groups in total. The smallest absolute Gasteiger partial charge is 0.273 e. The molecule has 0 heterocycles. The summed E-state index contributed by atoms with van der Waals surface area (Å²) in [6.45, 7) is 0.487. The second-order valence-corrected chi connectivity index (χ2v) is 4.99. The minimum atomic E-state index is -0.434. The zero-order chi connectivity index (χ0) is 14.5. The lowest BCUT2D eigenvalue weighted by molar-refractivity contribution is -0.384. The van der Waals surface area contributed by atoms with Crippen LogP contribution in [0.2, 0.25) is 0 Å². The maximum absolute atomic E-state index is 11.0. The van der Waals surface area contributed by atoms with E-state index in [9.17, 15) is 15.2 Å². The van der Waals surface area contributed by atoms with E-state index < -0.39 is 4.92 Å². The number of anilines is 2. The average Bonchev–Trinajstić information content (AvgIpc) is 2.98. The minimum absolute atomic E-state index is 0.00335. The van der Waals surface area contributed by atoms with Gasteiger partial charge in [0, 0.05) is 30.4 Å². The number of nitrogens with zero attached hydrogens (tertiary/aromatic N) is 2. The topological polar surface area (TPSA) is 105 Å². The van der Waals surface area contributed by atoms with Gasteiger partial charge < -0.3 is 15.4 Å². The molecule has 0 saturated heterocycles. The molecule has 0 radical (unpaired) electrons. The SMILES string of the molecule is NNc1cc(N(CCO)C2CCCC2)cc([N+](=O)[O-])c1. The lowest BCUT2D eigenvalue weighted by Crippen LogP contribution is -2.35. The van der Waals surface area contributed by atoms with E-state index >= 15 is 0 Å². The predicted octanol–water partition coefficient (Wildman–Crippen LogP) is 1.62. The number of nitrogens with two attached hydrogens (primary N) is 1. The number of nitrogens with one attached hydrogen (secondary N) is 1. The number of aliphatic hydroxyl groups excluding tert-OH is 1. The van der Waals surface area contributed by atoms with Crippen molar-refractivity contribution in [1.82, 2.24) is 0 Å². The van der Waals surface area contributed by atoms with Crippen LogP contribution in [0.4, 0.5) is 17.1 Å². The number of benzene rings is 1. The van der Waals surface area contributed by atoms with Crippen LogP contribution >= 0.6 is 0 Å². The molecule has 1 aliphatic rings. The molecule has 0 spiro atoms. The van der Waals surface area contributed by atoms with Crippen LogP contribution < -0.4 is 16.2 Å². The highest BCUT2D eigenvalue weighted by Gasteiger charge is 2.24. The fraction of sp³-hybridized carbons (Fsp3) is 0.538. The van der Waals surface area contributed by atoms with E-state index in [0.29, 0.717) is 18.3 Å². The van der Waals surface area contributed by atoms with Gasteiger partial charge in [0.05, 0.1) is 17.2 Å². The molecule has 0 atom stereocenters. The lowest BCUT2D eigenvalue weighted by Gasteiger charge is -2.30. The highest BCUT2D eigenvalue weighted by Crippen LogP contribution is 2.32. The minimum Gasteiger partial charge on any atom is -0.395 e. The van der Waals surface area contributed by atoms with Crippen molar-refractivity contribution < 1.29 is 10.0 Å². The summed E-state index contributed by atoms with van der Waals surface area (Å²) in [4.78, 5) is 12.6. The standard InChI is InChI=1S/C13H20N4O3/c14-15-10-7-12(9-13(8-10)17(19)20)16(5-6-18)11-3-1-2-4-11/h7-9,11,15,18H,1-6,14H2. The molecule has 20 heavy (non-hydrogen) atoms. The first-order valence-corrected chi connectivity index (χ1v) is 6.79. The van der Waals surface area contributed by atoms with Gasteiger partial charge in [0.15, 0.2) is 0 Å². The molecule has 0 unspecified atom stereocenters. The molecule has 1 aromatic rings. The Morgan fingerprint density at radius 1 is 1.40 bits per heavy atom. The summed E-state index contributed by atoms with van der Waals surface area (Å²) >= 11 is 0.